The number of hydrogen-bond donors (Lipinski definition) is 0. The standard InChI is InChI=1S/3Cu.2O3Si.2H2O/c;;;2*1-4(2)3;;/h;;;;;2*1H2/q3*+2;2*-2;;/p-2. The third kappa shape index (κ3) is 2880. The van der Waals surface area contributed by atoms with E-state index in [1.807, 2.05) is 0 Å². The van der Waals surface area contributed by atoms with E-state index in [9.17, 15) is 0 Å². The van der Waals surface area contributed by atoms with Gasteiger partial charge in [-0.25, -0.2) is 0 Å². The minimum atomic E-state index is -3.63. The van der Waals surface area contributed by atoms with Crippen molar-refractivity contribution in [2.24, 2.45) is 0 Å². The monoisotopic (exact) mass is 375 g/mol. The largest absolute Gasteiger partial charge is 2.00 e. The Hall–Kier alpha value is 0.712. The van der Waals surface area contributed by atoms with Gasteiger partial charge in [0.2, 0.25) is 0 Å². The van der Waals surface area contributed by atoms with Crippen molar-refractivity contribution >= 4 is 18.3 Å². The van der Waals surface area contributed by atoms with Crippen molar-refractivity contribution in [1.29, 1.82) is 0 Å². The second-order valence-corrected chi connectivity index (χ2v) is 1.50. The van der Waals surface area contributed by atoms with Crippen LogP contribution in [0.4, 0.5) is 0 Å². The van der Waals surface area contributed by atoms with Crippen molar-refractivity contribution in [3.05, 3.63) is 0 Å². The van der Waals surface area contributed by atoms with Crippen molar-refractivity contribution in [2.45, 2.75) is 0 Å². The predicted octanol–water partition coefficient (Wildman–Crippen LogP) is -6.12. The van der Waals surface area contributed by atoms with Gasteiger partial charge in [-0.1, -0.05) is 0 Å². The van der Waals surface area contributed by atoms with Crippen LogP contribution < -0.4 is 19.2 Å². The van der Waals surface area contributed by atoms with E-state index in [0.29, 0.717) is 0 Å². The van der Waals surface area contributed by atoms with Gasteiger partial charge in [0.25, 0.3) is 0 Å². The molecule has 0 saturated heterocycles. The summed E-state index contributed by atoms with van der Waals surface area (Å²) in [6.45, 7) is 0. The van der Waals surface area contributed by atoms with Gasteiger partial charge in [-0.05, 0) is 0 Å². The minimum absolute atomic E-state index is 0. The van der Waals surface area contributed by atoms with Crippen LogP contribution in [0.1, 0.15) is 0 Å². The van der Waals surface area contributed by atoms with Crippen molar-refractivity contribution in [2.75, 3.05) is 0 Å². The molecule has 0 rings (SSSR count). The normalized spacial score (nSPS) is 3.69. The topological polar surface area (TPSA) is 186 Å². The van der Waals surface area contributed by atoms with Crippen LogP contribution in [0.15, 0.2) is 0 Å². The van der Waals surface area contributed by atoms with E-state index < -0.39 is 18.3 Å². The second-order valence-electron chi connectivity index (χ2n) is 0.500. The summed E-state index contributed by atoms with van der Waals surface area (Å²) in [4.78, 5) is 34.1. The maximum absolute atomic E-state index is 8.52. The Morgan fingerprint density at radius 1 is 0.615 bits per heavy atom. The molecular formula is H2Cu3O8Si2. The molecule has 0 amide bonds. The van der Waals surface area contributed by atoms with E-state index >= 15 is 0 Å². The molecule has 0 aliphatic carbocycles. The first-order valence-electron chi connectivity index (χ1n) is 1.22. The van der Waals surface area contributed by atoms with Gasteiger partial charge in [0.15, 0.2) is 0 Å². The molecule has 3 radical (unpaired) electrons. The third-order valence-electron chi connectivity index (χ3n) is 0. The SMILES string of the molecule is O=[Si]([O-])[O-].O=[Si]([O-])[O-].[Cu+2].[Cu+2].[Cu+2].[OH-].[OH-]. The molecule has 0 aromatic carbocycles. The summed E-state index contributed by atoms with van der Waals surface area (Å²) in [5.41, 5.74) is 0. The van der Waals surface area contributed by atoms with Crippen molar-refractivity contribution in [3.63, 3.8) is 0 Å². The number of rotatable bonds is 0. The van der Waals surface area contributed by atoms with Crippen LogP contribution >= 0.6 is 0 Å². The van der Waals surface area contributed by atoms with Crippen molar-refractivity contribution in [3.8, 4) is 0 Å². The van der Waals surface area contributed by atoms with Crippen molar-refractivity contribution in [1.82, 2.24) is 0 Å². The third-order valence-corrected chi connectivity index (χ3v) is 0. The van der Waals surface area contributed by atoms with Crippen LogP contribution in [0.25, 0.3) is 0 Å². The van der Waals surface area contributed by atoms with E-state index in [1.165, 1.54) is 0 Å². The Labute approximate surface area is 108 Å². The van der Waals surface area contributed by atoms with E-state index in [1.54, 1.807) is 0 Å². The molecule has 91 valence electrons. The van der Waals surface area contributed by atoms with Gasteiger partial charge in [-0.3, -0.25) is 0 Å². The van der Waals surface area contributed by atoms with E-state index in [-0.39, 0.29) is 62.2 Å². The molecule has 2 N–H and O–H groups in total. The summed E-state index contributed by atoms with van der Waals surface area (Å²) < 4.78 is 17.0. The van der Waals surface area contributed by atoms with Crippen LogP contribution in [-0.2, 0) is 60.1 Å². The summed E-state index contributed by atoms with van der Waals surface area (Å²) in [5, 5.41) is 0. The fourth-order valence-corrected chi connectivity index (χ4v) is 0. The minimum Gasteiger partial charge on any atom is -0.870 e. The van der Waals surface area contributed by atoms with Gasteiger partial charge >= 0.3 is 51.2 Å². The Kier molecular flexibility index (Phi) is 146. The van der Waals surface area contributed by atoms with E-state index in [2.05, 4.69) is 0 Å². The van der Waals surface area contributed by atoms with Crippen LogP contribution in [0.5, 0.6) is 0 Å². The number of hydrogen-bond acceptors (Lipinski definition) is 8. The first-order chi connectivity index (χ1) is 3.46. The van der Waals surface area contributed by atoms with E-state index in [4.69, 9.17) is 28.1 Å². The first-order valence-corrected chi connectivity index (χ1v) is 3.67. The predicted molar refractivity (Wildman–Crippen MR) is 16.8 cm³/mol. The smallest absolute Gasteiger partial charge is 0.870 e. The molecule has 8 nitrogen and oxygen atoms in total. The van der Waals surface area contributed by atoms with Crippen LogP contribution in [0, 0.1) is 0 Å². The van der Waals surface area contributed by atoms with Crippen LogP contribution in [-0.4, -0.2) is 29.3 Å². The Bertz CT molecular complexity index is 75.4. The summed E-state index contributed by atoms with van der Waals surface area (Å²) >= 11 is 0. The zero-order chi connectivity index (χ0) is 7.15. The van der Waals surface area contributed by atoms with Crippen LogP contribution in [0.3, 0.4) is 0 Å². The summed E-state index contributed by atoms with van der Waals surface area (Å²) in [6, 6.07) is 0. The van der Waals surface area contributed by atoms with Gasteiger partial charge in [0.1, 0.15) is 0 Å². The molecule has 0 atom stereocenters. The van der Waals surface area contributed by atoms with Gasteiger partial charge in [0.05, 0.1) is 0 Å². The van der Waals surface area contributed by atoms with Crippen LogP contribution in [0.2, 0.25) is 0 Å². The van der Waals surface area contributed by atoms with Gasteiger partial charge in [-0.2, -0.15) is 0 Å². The van der Waals surface area contributed by atoms with Gasteiger partial charge in [0, 0.05) is 18.3 Å². The molecule has 0 aromatic rings. The fraction of sp³-hybridized carbons (Fsp3) is 0. The second kappa shape index (κ2) is 38.7. The average molecular weight is 377 g/mol. The maximum atomic E-state index is 8.52. The van der Waals surface area contributed by atoms with E-state index in [0.717, 1.165) is 0 Å². The zero-order valence-electron chi connectivity index (χ0n) is 5.25. The maximum Gasteiger partial charge on any atom is 2.00 e. The molecule has 0 bridgehead atoms. The average Bonchev–Trinajstić information content (AvgIpc) is 1.25. The molecule has 0 fully saturated rings. The molecule has 0 spiro atoms. The Morgan fingerprint density at radius 3 is 0.615 bits per heavy atom. The Balaban J connectivity index is -0.00000000800. The fourth-order valence-electron chi connectivity index (χ4n) is 0. The molecule has 13 heteroatoms. The molecular weight excluding hydrogens is 375 g/mol. The summed E-state index contributed by atoms with van der Waals surface area (Å²) in [5.74, 6) is 0. The molecule has 13 heavy (non-hydrogen) atoms. The van der Waals surface area contributed by atoms with Gasteiger partial charge in [-0.15, -0.1) is 0 Å². The molecule has 0 aliphatic rings. The molecule has 0 unspecified atom stereocenters. The molecule has 0 saturated carbocycles. The molecule has 0 aliphatic heterocycles. The summed E-state index contributed by atoms with van der Waals surface area (Å²) in [7, 11) is -7.26. The first kappa shape index (κ1) is 49.2. The molecule has 0 heterocycles. The zero-order valence-corrected chi connectivity index (χ0v) is 10.1. The van der Waals surface area contributed by atoms with Crippen molar-refractivity contribution < 1.29 is 90.3 Å². The Morgan fingerprint density at radius 2 is 0.615 bits per heavy atom. The summed E-state index contributed by atoms with van der Waals surface area (Å²) in [6.07, 6.45) is 0. The molecule has 0 aromatic heterocycles. The quantitative estimate of drug-likeness (QED) is 0.373. The van der Waals surface area contributed by atoms with Gasteiger partial charge < -0.3 is 39.1 Å².